The highest BCUT2D eigenvalue weighted by atomic mass is 35.6. The first-order chi connectivity index (χ1) is 14.6. The molecule has 3 nitrogen and oxygen atoms in total. The van der Waals surface area contributed by atoms with E-state index >= 15 is 0 Å². The number of benzene rings is 4. The first-order valence-corrected chi connectivity index (χ1v) is 12.3. The second-order valence-corrected chi connectivity index (χ2v) is 10.5. The van der Waals surface area contributed by atoms with Crippen molar-refractivity contribution in [3.05, 3.63) is 127 Å². The average Bonchev–Trinajstić information content (AvgIpc) is 2.80. The third-order valence-electron chi connectivity index (χ3n) is 4.85. The molecule has 0 amide bonds. The van der Waals surface area contributed by atoms with Gasteiger partial charge in [0.2, 0.25) is 0 Å². The van der Waals surface area contributed by atoms with Gasteiger partial charge in [0.25, 0.3) is 0 Å². The predicted molar refractivity (Wildman–Crippen MR) is 115 cm³/mol. The Balaban J connectivity index is 0.000000589. The number of hydrogen-bond acceptors (Lipinski definition) is 3. The van der Waals surface area contributed by atoms with Crippen LogP contribution in [0, 0.1) is 10.8 Å². The number of hydrogen-bond donors (Lipinski definition) is 0. The summed E-state index contributed by atoms with van der Waals surface area (Å²) in [5.74, 6) is 0. The summed E-state index contributed by atoms with van der Waals surface area (Å²) in [6.07, 6.45) is 1.03. The fourth-order valence-electron chi connectivity index (χ4n) is 3.63. The number of rotatable bonds is 5. The van der Waals surface area contributed by atoms with Crippen LogP contribution in [-0.4, -0.2) is 0 Å². The molecule has 0 bridgehead atoms. The fourth-order valence-corrected chi connectivity index (χ4v) is 7.87. The van der Waals surface area contributed by atoms with Crippen LogP contribution in [0.25, 0.3) is 0 Å². The van der Waals surface area contributed by atoms with E-state index in [1.807, 2.05) is 0 Å². The van der Waals surface area contributed by atoms with Gasteiger partial charge in [-0.3, -0.25) is 0 Å². The molecule has 0 aliphatic rings. The van der Waals surface area contributed by atoms with E-state index in [2.05, 4.69) is 121 Å². The molecule has 30 heavy (non-hydrogen) atoms. The van der Waals surface area contributed by atoms with Crippen LogP contribution in [0.15, 0.2) is 121 Å². The Hall–Kier alpha value is -2.52. The monoisotopic (exact) mass is 436 g/mol. The molecule has 0 spiro atoms. The molecule has 0 atom stereocenters. The molecule has 4 rings (SSSR count). The maximum absolute atomic E-state index is 8.41. The Morgan fingerprint density at radius 3 is 1.03 bits per heavy atom. The van der Waals surface area contributed by atoms with Crippen molar-refractivity contribution < 1.29 is 24.8 Å². The summed E-state index contributed by atoms with van der Waals surface area (Å²) in [6.45, 7) is 0. The van der Waals surface area contributed by atoms with Gasteiger partial charge in [0.05, 0.1) is 16.9 Å². The zero-order valence-corrected chi connectivity index (χ0v) is 18.0. The smallest absolute Gasteiger partial charge is 0.116 e. The average molecular weight is 437 g/mol. The first-order valence-electron chi connectivity index (χ1n) is 9.45. The standard InChI is InChI=1S/C25H22P.ClO3/c1-5-13-22(14-6-1)21-26(23-15-7-2-8-16-23,24-17-9-3-10-18-24)25-19-11-4-12-20-25;2-1(3)4/h1-20H,21H2;/q+1;-1. The van der Waals surface area contributed by atoms with Crippen molar-refractivity contribution in [3.63, 3.8) is 0 Å². The highest BCUT2D eigenvalue weighted by Gasteiger charge is 2.45. The minimum atomic E-state index is -2.85. The zero-order valence-electron chi connectivity index (χ0n) is 16.3. The van der Waals surface area contributed by atoms with E-state index in [-0.39, 0.29) is 0 Å². The minimum absolute atomic E-state index is 1.03. The normalized spacial score (nSPS) is 10.9. The van der Waals surface area contributed by atoms with Crippen molar-refractivity contribution in [1.82, 2.24) is 0 Å². The lowest BCUT2D eigenvalue weighted by atomic mass is 10.2. The molecule has 0 unspecified atom stereocenters. The van der Waals surface area contributed by atoms with Crippen molar-refractivity contribution in [2.75, 3.05) is 0 Å². The van der Waals surface area contributed by atoms with Crippen molar-refractivity contribution in [3.8, 4) is 0 Å². The van der Waals surface area contributed by atoms with E-state index in [1.165, 1.54) is 21.5 Å². The molecule has 0 N–H and O–H groups in total. The maximum Gasteiger partial charge on any atom is 0.116 e. The molecule has 0 radical (unpaired) electrons. The van der Waals surface area contributed by atoms with Crippen LogP contribution >= 0.6 is 7.26 Å². The zero-order chi connectivity index (χ0) is 21.2. The molecule has 0 aliphatic heterocycles. The summed E-state index contributed by atoms with van der Waals surface area (Å²) in [6, 6.07) is 44.0. The van der Waals surface area contributed by atoms with Crippen molar-refractivity contribution >= 4 is 23.2 Å². The summed E-state index contributed by atoms with van der Waals surface area (Å²) in [7, 11) is -4.63. The van der Waals surface area contributed by atoms with E-state index in [9.17, 15) is 0 Å². The molecule has 0 heterocycles. The topological polar surface area (TPSA) is 69.2 Å². The minimum Gasteiger partial charge on any atom is -0.357 e. The molecule has 0 saturated heterocycles. The van der Waals surface area contributed by atoms with Gasteiger partial charge in [-0.1, -0.05) is 84.9 Å². The van der Waals surface area contributed by atoms with E-state index in [0.29, 0.717) is 0 Å². The van der Waals surface area contributed by atoms with E-state index < -0.39 is 18.0 Å². The van der Waals surface area contributed by atoms with Gasteiger partial charge in [0, 0.05) is 0 Å². The van der Waals surface area contributed by atoms with Crippen molar-refractivity contribution in [1.29, 1.82) is 0 Å². The van der Waals surface area contributed by atoms with Gasteiger partial charge in [-0.2, -0.15) is 0 Å². The van der Waals surface area contributed by atoms with Gasteiger partial charge >= 0.3 is 0 Å². The Morgan fingerprint density at radius 2 is 0.733 bits per heavy atom. The molecular weight excluding hydrogens is 415 g/mol. The van der Waals surface area contributed by atoms with Gasteiger partial charge in [-0.25, -0.2) is 0 Å². The quantitative estimate of drug-likeness (QED) is 0.446. The molecule has 0 aromatic heterocycles. The first kappa shape index (κ1) is 22.2. The lowest BCUT2D eigenvalue weighted by molar-refractivity contribution is -1.73. The number of halogens is 1. The summed E-state index contributed by atoms with van der Waals surface area (Å²) in [5, 5.41) is 4.30. The van der Waals surface area contributed by atoms with Crippen molar-refractivity contribution in [2.24, 2.45) is 0 Å². The SMILES string of the molecule is [O-][Cl+2]([O-])[O-].c1ccc(C[P+](c2ccccc2)(c2ccccc2)c2ccccc2)cc1. The summed E-state index contributed by atoms with van der Waals surface area (Å²) in [4.78, 5) is 0. The van der Waals surface area contributed by atoms with Crippen LogP contribution in [0.4, 0.5) is 0 Å². The van der Waals surface area contributed by atoms with E-state index in [1.54, 1.807) is 0 Å². The Labute approximate surface area is 181 Å². The van der Waals surface area contributed by atoms with Gasteiger partial charge in [-0.15, -0.1) is 0 Å². The van der Waals surface area contributed by atoms with Crippen LogP contribution in [0.1, 0.15) is 5.56 Å². The molecule has 0 saturated carbocycles. The lowest BCUT2D eigenvalue weighted by Crippen LogP contribution is -2.42. The summed E-state index contributed by atoms with van der Waals surface area (Å²) >= 11 is 0. The van der Waals surface area contributed by atoms with E-state index in [0.717, 1.165) is 6.16 Å². The van der Waals surface area contributed by atoms with Crippen molar-refractivity contribution in [2.45, 2.75) is 6.16 Å². The summed E-state index contributed by atoms with van der Waals surface area (Å²) in [5.41, 5.74) is 1.39. The van der Waals surface area contributed by atoms with Gasteiger partial charge in [0.1, 0.15) is 23.2 Å². The third-order valence-corrected chi connectivity index (χ3v) is 9.23. The van der Waals surface area contributed by atoms with Crippen LogP contribution in [0.3, 0.4) is 0 Å². The Bertz CT molecular complexity index is 898. The molecule has 0 fully saturated rings. The lowest BCUT2D eigenvalue weighted by Gasteiger charge is -2.27. The van der Waals surface area contributed by atoms with Gasteiger partial charge < -0.3 is 14.0 Å². The fraction of sp³-hybridized carbons (Fsp3) is 0.0400. The van der Waals surface area contributed by atoms with Crippen LogP contribution < -0.4 is 29.9 Å². The Morgan fingerprint density at radius 1 is 0.467 bits per heavy atom. The predicted octanol–water partition coefficient (Wildman–Crippen LogP) is 1.61. The molecule has 4 aromatic carbocycles. The largest absolute Gasteiger partial charge is 0.357 e. The molecule has 152 valence electrons. The second-order valence-electron chi connectivity index (χ2n) is 6.65. The highest BCUT2D eigenvalue weighted by molar-refractivity contribution is 7.95. The molecule has 4 aromatic rings. The van der Waals surface area contributed by atoms with Gasteiger partial charge in [-0.05, 0) is 42.0 Å². The second kappa shape index (κ2) is 11.0. The molecular formula is C25H22ClO3P. The molecule has 0 aliphatic carbocycles. The highest BCUT2D eigenvalue weighted by Crippen LogP contribution is 2.58. The maximum atomic E-state index is 8.41. The van der Waals surface area contributed by atoms with Crippen LogP contribution in [-0.2, 0) is 6.16 Å². The van der Waals surface area contributed by atoms with Crippen LogP contribution in [0.2, 0.25) is 0 Å². The van der Waals surface area contributed by atoms with Gasteiger partial charge in [0.15, 0.2) is 0 Å². The van der Waals surface area contributed by atoms with Crippen LogP contribution in [0.5, 0.6) is 0 Å². The summed E-state index contributed by atoms with van der Waals surface area (Å²) < 4.78 is 25.2. The molecule has 5 heteroatoms. The third kappa shape index (κ3) is 5.54. The Kier molecular flexibility index (Phi) is 8.15. The van der Waals surface area contributed by atoms with E-state index in [4.69, 9.17) is 14.0 Å².